The van der Waals surface area contributed by atoms with Crippen LogP contribution < -0.4 is 5.32 Å². The second-order valence-corrected chi connectivity index (χ2v) is 3.27. The molecule has 0 fully saturated rings. The highest BCUT2D eigenvalue weighted by Crippen LogP contribution is 2.16. The summed E-state index contributed by atoms with van der Waals surface area (Å²) in [6, 6.07) is -2.50. The third-order valence-corrected chi connectivity index (χ3v) is 1.74. The van der Waals surface area contributed by atoms with Crippen LogP contribution in [0.15, 0.2) is 0 Å². The van der Waals surface area contributed by atoms with E-state index in [0.29, 0.717) is 4.90 Å². The number of rotatable bonds is 5. The smallest absolute Gasteiger partial charge is 0.406 e. The molecule has 0 aliphatic rings. The van der Waals surface area contributed by atoms with Crippen LogP contribution in [0, 0.1) is 0 Å². The Balaban J connectivity index is 4.49. The number of amides is 2. The van der Waals surface area contributed by atoms with Crippen LogP contribution in [0.5, 0.6) is 0 Å². The zero-order valence-electron chi connectivity index (χ0n) is 8.99. The molecule has 0 heterocycles. The summed E-state index contributed by atoms with van der Waals surface area (Å²) in [5, 5.41) is 18.9. The van der Waals surface area contributed by atoms with Crippen molar-refractivity contribution in [2.75, 3.05) is 19.7 Å². The van der Waals surface area contributed by atoms with E-state index < -0.39 is 43.9 Å². The molecule has 0 saturated heterocycles. The minimum Gasteiger partial charge on any atom is -0.480 e. The number of urea groups is 1. The van der Waals surface area contributed by atoms with Crippen molar-refractivity contribution in [3.8, 4) is 0 Å². The molecule has 0 radical (unpaired) electrons. The van der Waals surface area contributed by atoms with Crippen molar-refractivity contribution in [3.63, 3.8) is 0 Å². The zero-order valence-corrected chi connectivity index (χ0v) is 8.99. The number of halogens is 3. The molecule has 2 amide bonds. The topological polar surface area (TPSA) is 89.9 Å². The first kappa shape index (κ1) is 15.5. The summed E-state index contributed by atoms with van der Waals surface area (Å²) in [5.41, 5.74) is 0. The molecule has 0 aliphatic heterocycles. The Morgan fingerprint density at radius 1 is 1.41 bits per heavy atom. The monoisotopic (exact) mass is 258 g/mol. The average Bonchev–Trinajstić information content (AvgIpc) is 2.14. The van der Waals surface area contributed by atoms with Gasteiger partial charge < -0.3 is 20.4 Å². The van der Waals surface area contributed by atoms with Gasteiger partial charge in [0.25, 0.3) is 0 Å². The van der Waals surface area contributed by atoms with Gasteiger partial charge in [-0.3, -0.25) is 4.79 Å². The SMILES string of the molecule is CC(NC(=O)N(CCO)CC(F)(F)F)C(=O)O. The van der Waals surface area contributed by atoms with E-state index in [1.165, 1.54) is 0 Å². The van der Waals surface area contributed by atoms with Crippen LogP contribution in [-0.2, 0) is 4.79 Å². The number of aliphatic hydroxyl groups is 1. The van der Waals surface area contributed by atoms with Crippen LogP contribution in [0.3, 0.4) is 0 Å². The van der Waals surface area contributed by atoms with E-state index in [2.05, 4.69) is 0 Å². The zero-order chi connectivity index (χ0) is 13.6. The van der Waals surface area contributed by atoms with E-state index >= 15 is 0 Å². The first-order valence-corrected chi connectivity index (χ1v) is 4.63. The predicted molar refractivity (Wildman–Crippen MR) is 50.3 cm³/mol. The molecule has 9 heteroatoms. The van der Waals surface area contributed by atoms with Crippen molar-refractivity contribution >= 4 is 12.0 Å². The number of hydrogen-bond acceptors (Lipinski definition) is 3. The van der Waals surface area contributed by atoms with E-state index in [1.54, 1.807) is 0 Å². The standard InChI is InChI=1S/C8H13F3N2O4/c1-5(6(15)16)12-7(17)13(2-3-14)4-8(9,10)11/h5,14H,2-4H2,1H3,(H,12,17)(H,15,16). The van der Waals surface area contributed by atoms with Crippen molar-refractivity contribution in [2.45, 2.75) is 19.1 Å². The molecule has 0 aromatic heterocycles. The fourth-order valence-electron chi connectivity index (χ4n) is 0.928. The van der Waals surface area contributed by atoms with Crippen LogP contribution >= 0.6 is 0 Å². The van der Waals surface area contributed by atoms with Crippen LogP contribution in [-0.4, -0.2) is 59.0 Å². The van der Waals surface area contributed by atoms with Crippen molar-refractivity contribution < 1.29 is 33.0 Å². The Bertz CT molecular complexity index is 282. The molecular formula is C8H13F3N2O4. The molecule has 3 N–H and O–H groups in total. The van der Waals surface area contributed by atoms with Gasteiger partial charge in [-0.15, -0.1) is 0 Å². The van der Waals surface area contributed by atoms with Gasteiger partial charge in [0.15, 0.2) is 0 Å². The summed E-state index contributed by atoms with van der Waals surface area (Å²) in [4.78, 5) is 22.0. The number of nitrogens with zero attached hydrogens (tertiary/aromatic N) is 1. The average molecular weight is 258 g/mol. The summed E-state index contributed by atoms with van der Waals surface area (Å²) < 4.78 is 36.2. The summed E-state index contributed by atoms with van der Waals surface area (Å²) in [7, 11) is 0. The van der Waals surface area contributed by atoms with Gasteiger partial charge in [-0.05, 0) is 6.92 Å². The van der Waals surface area contributed by atoms with Gasteiger partial charge in [0.2, 0.25) is 0 Å². The van der Waals surface area contributed by atoms with Gasteiger partial charge in [-0.25, -0.2) is 4.79 Å². The second kappa shape index (κ2) is 6.28. The lowest BCUT2D eigenvalue weighted by molar-refractivity contribution is -0.141. The summed E-state index contributed by atoms with van der Waals surface area (Å²) in [5.74, 6) is -1.37. The summed E-state index contributed by atoms with van der Waals surface area (Å²) >= 11 is 0. The molecule has 0 spiro atoms. The normalized spacial score (nSPS) is 13.0. The van der Waals surface area contributed by atoms with Crippen molar-refractivity contribution in [1.29, 1.82) is 0 Å². The first-order chi connectivity index (χ1) is 7.67. The lowest BCUT2D eigenvalue weighted by Crippen LogP contribution is -2.50. The minimum absolute atomic E-state index is 0.291. The lowest BCUT2D eigenvalue weighted by Gasteiger charge is -2.24. The molecule has 0 aromatic rings. The maximum Gasteiger partial charge on any atom is 0.406 e. The molecule has 0 bridgehead atoms. The van der Waals surface area contributed by atoms with Crippen molar-refractivity contribution in [3.05, 3.63) is 0 Å². The molecule has 100 valence electrons. The number of nitrogens with one attached hydrogen (secondary N) is 1. The predicted octanol–water partition coefficient (Wildman–Crippen LogP) is 0.0257. The highest BCUT2D eigenvalue weighted by Gasteiger charge is 2.33. The number of aliphatic hydroxyl groups excluding tert-OH is 1. The highest BCUT2D eigenvalue weighted by molar-refractivity contribution is 5.82. The van der Waals surface area contributed by atoms with Crippen molar-refractivity contribution in [2.24, 2.45) is 0 Å². The molecular weight excluding hydrogens is 245 g/mol. The largest absolute Gasteiger partial charge is 0.480 e. The van der Waals surface area contributed by atoms with Crippen LogP contribution in [0.25, 0.3) is 0 Å². The summed E-state index contributed by atoms with van der Waals surface area (Å²) in [6.07, 6.45) is -4.61. The minimum atomic E-state index is -4.61. The van der Waals surface area contributed by atoms with Gasteiger partial charge in [0.1, 0.15) is 12.6 Å². The quantitative estimate of drug-likeness (QED) is 0.648. The molecule has 0 aliphatic carbocycles. The van der Waals surface area contributed by atoms with Gasteiger partial charge >= 0.3 is 18.2 Å². The molecule has 1 unspecified atom stereocenters. The van der Waals surface area contributed by atoms with Gasteiger partial charge in [-0.1, -0.05) is 0 Å². The van der Waals surface area contributed by atoms with E-state index in [9.17, 15) is 22.8 Å². The third-order valence-electron chi connectivity index (χ3n) is 1.74. The Labute approximate surface area is 95.0 Å². The molecule has 0 saturated carbocycles. The van der Waals surface area contributed by atoms with Gasteiger partial charge in [-0.2, -0.15) is 13.2 Å². The molecule has 0 rings (SSSR count). The van der Waals surface area contributed by atoms with E-state index in [4.69, 9.17) is 10.2 Å². The number of carboxylic acids is 1. The Hall–Kier alpha value is -1.51. The van der Waals surface area contributed by atoms with Gasteiger partial charge in [0.05, 0.1) is 6.61 Å². The number of aliphatic carboxylic acids is 1. The Morgan fingerprint density at radius 2 is 1.94 bits per heavy atom. The third kappa shape index (κ3) is 6.61. The number of hydrogen-bond donors (Lipinski definition) is 3. The Morgan fingerprint density at radius 3 is 2.29 bits per heavy atom. The molecule has 6 nitrogen and oxygen atoms in total. The fourth-order valence-corrected chi connectivity index (χ4v) is 0.928. The number of carbonyl (C=O) groups excluding carboxylic acids is 1. The molecule has 0 aromatic carbocycles. The maximum absolute atomic E-state index is 12.1. The molecule has 1 atom stereocenters. The number of carboxylic acid groups (broad SMARTS) is 1. The van der Waals surface area contributed by atoms with E-state index in [1.807, 2.05) is 5.32 Å². The number of carbonyl (C=O) groups is 2. The molecule has 17 heavy (non-hydrogen) atoms. The summed E-state index contributed by atoms with van der Waals surface area (Å²) in [6.45, 7) is -1.61. The Kier molecular flexibility index (Phi) is 5.72. The number of alkyl halides is 3. The van der Waals surface area contributed by atoms with E-state index in [-0.39, 0.29) is 0 Å². The second-order valence-electron chi connectivity index (χ2n) is 3.27. The first-order valence-electron chi connectivity index (χ1n) is 4.63. The van der Waals surface area contributed by atoms with Crippen molar-refractivity contribution in [1.82, 2.24) is 10.2 Å². The van der Waals surface area contributed by atoms with Crippen LogP contribution in [0.4, 0.5) is 18.0 Å². The highest BCUT2D eigenvalue weighted by atomic mass is 19.4. The van der Waals surface area contributed by atoms with Crippen LogP contribution in [0.1, 0.15) is 6.92 Å². The van der Waals surface area contributed by atoms with Gasteiger partial charge in [0, 0.05) is 6.54 Å². The maximum atomic E-state index is 12.1. The fraction of sp³-hybridized carbons (Fsp3) is 0.750. The lowest BCUT2D eigenvalue weighted by atomic mass is 10.3. The van der Waals surface area contributed by atoms with E-state index in [0.717, 1.165) is 6.92 Å². The van der Waals surface area contributed by atoms with Crippen LogP contribution in [0.2, 0.25) is 0 Å².